The van der Waals surface area contributed by atoms with Gasteiger partial charge in [0.25, 0.3) is 0 Å². The first-order chi connectivity index (χ1) is 6.70. The van der Waals surface area contributed by atoms with E-state index in [0.29, 0.717) is 6.42 Å². The van der Waals surface area contributed by atoms with E-state index >= 15 is 0 Å². The number of hydrogen-bond donors (Lipinski definition) is 0. The van der Waals surface area contributed by atoms with Crippen LogP contribution in [0.1, 0.15) is 33.6 Å². The second-order valence-corrected chi connectivity index (χ2v) is 10.3. The van der Waals surface area contributed by atoms with E-state index < -0.39 is 14.5 Å². The molecule has 0 fully saturated rings. The van der Waals surface area contributed by atoms with E-state index in [2.05, 4.69) is 40.4 Å². The zero-order valence-corrected chi connectivity index (χ0v) is 11.8. The summed E-state index contributed by atoms with van der Waals surface area (Å²) in [5, 5.41) is 0.158. The maximum absolute atomic E-state index is 13.4. The number of alkyl halides is 1. The Hall–Kier alpha value is -0.153. The monoisotopic (exact) mass is 232 g/mol. The lowest BCUT2D eigenvalue weighted by Crippen LogP contribution is -2.42. The Kier molecular flexibility index (Phi) is 5.74. The molecule has 0 aliphatic rings. The second kappa shape index (κ2) is 5.80. The third-order valence-corrected chi connectivity index (χ3v) is 7.62. The van der Waals surface area contributed by atoms with Crippen molar-refractivity contribution in [3.05, 3.63) is 12.7 Å². The van der Waals surface area contributed by atoms with Crippen molar-refractivity contribution in [3.8, 4) is 0 Å². The molecule has 0 bridgehead atoms. The largest absolute Gasteiger partial charge is 0.414 e. The number of rotatable bonds is 6. The van der Waals surface area contributed by atoms with Gasteiger partial charge in [-0.1, -0.05) is 26.8 Å². The predicted molar refractivity (Wildman–Crippen MR) is 67.5 cm³/mol. The average molecular weight is 232 g/mol. The minimum atomic E-state index is -1.77. The third kappa shape index (κ3) is 5.47. The van der Waals surface area contributed by atoms with Crippen LogP contribution in [0.4, 0.5) is 4.39 Å². The Morgan fingerprint density at radius 2 is 1.93 bits per heavy atom. The summed E-state index contributed by atoms with van der Waals surface area (Å²) in [4.78, 5) is 0. The molecule has 0 rings (SSSR count). The van der Waals surface area contributed by atoms with Crippen LogP contribution in [-0.4, -0.2) is 21.1 Å². The van der Waals surface area contributed by atoms with Gasteiger partial charge in [0, 0.05) is 0 Å². The van der Waals surface area contributed by atoms with Crippen molar-refractivity contribution in [2.45, 2.75) is 57.9 Å². The topological polar surface area (TPSA) is 9.23 Å². The highest BCUT2D eigenvalue weighted by molar-refractivity contribution is 6.74. The molecule has 0 heterocycles. The lowest BCUT2D eigenvalue weighted by atomic mass is 10.2. The van der Waals surface area contributed by atoms with Gasteiger partial charge in [-0.2, -0.15) is 0 Å². The van der Waals surface area contributed by atoms with Gasteiger partial charge >= 0.3 is 0 Å². The molecule has 0 aromatic heterocycles. The van der Waals surface area contributed by atoms with Crippen molar-refractivity contribution in [1.82, 2.24) is 0 Å². The van der Waals surface area contributed by atoms with Crippen molar-refractivity contribution in [2.24, 2.45) is 0 Å². The van der Waals surface area contributed by atoms with Crippen LogP contribution in [0.15, 0.2) is 12.7 Å². The molecule has 0 spiro atoms. The van der Waals surface area contributed by atoms with Gasteiger partial charge in [0.15, 0.2) is 8.32 Å². The Bertz CT molecular complexity index is 196. The zero-order chi connectivity index (χ0) is 12.1. The van der Waals surface area contributed by atoms with Gasteiger partial charge < -0.3 is 4.43 Å². The van der Waals surface area contributed by atoms with Crippen molar-refractivity contribution in [1.29, 1.82) is 0 Å². The molecule has 1 nitrogen and oxygen atoms in total. The van der Waals surface area contributed by atoms with E-state index in [9.17, 15) is 4.39 Å². The smallest absolute Gasteiger partial charge is 0.192 e. The summed E-state index contributed by atoms with van der Waals surface area (Å²) < 4.78 is 19.1. The number of allylic oxidation sites excluding steroid dienone is 1. The van der Waals surface area contributed by atoms with Crippen LogP contribution in [0, 0.1) is 0 Å². The highest BCUT2D eigenvalue weighted by Crippen LogP contribution is 2.36. The number of hydrogen-bond acceptors (Lipinski definition) is 1. The van der Waals surface area contributed by atoms with E-state index in [0.717, 1.165) is 6.42 Å². The van der Waals surface area contributed by atoms with Crippen molar-refractivity contribution in [2.75, 3.05) is 6.61 Å². The van der Waals surface area contributed by atoms with Gasteiger partial charge in [0.05, 0.1) is 6.61 Å². The number of halogens is 1. The highest BCUT2D eigenvalue weighted by Gasteiger charge is 2.37. The summed E-state index contributed by atoms with van der Waals surface area (Å²) in [6.07, 6.45) is 2.15. The van der Waals surface area contributed by atoms with Gasteiger partial charge in [-0.15, -0.1) is 6.58 Å². The summed E-state index contributed by atoms with van der Waals surface area (Å²) >= 11 is 0. The van der Waals surface area contributed by atoms with E-state index in [1.54, 1.807) is 6.08 Å². The molecule has 90 valence electrons. The molecule has 0 amide bonds. The Balaban J connectivity index is 3.98. The summed E-state index contributed by atoms with van der Waals surface area (Å²) in [5.74, 6) is 0. The minimum absolute atomic E-state index is 0.158. The minimum Gasteiger partial charge on any atom is -0.414 e. The highest BCUT2D eigenvalue weighted by atomic mass is 28.4. The van der Waals surface area contributed by atoms with Crippen LogP contribution in [0.2, 0.25) is 18.1 Å². The molecule has 3 heteroatoms. The van der Waals surface area contributed by atoms with Crippen LogP contribution in [0.5, 0.6) is 0 Å². The van der Waals surface area contributed by atoms with E-state index in [-0.39, 0.29) is 11.6 Å². The summed E-state index contributed by atoms with van der Waals surface area (Å²) in [7, 11) is -1.77. The van der Waals surface area contributed by atoms with Gasteiger partial charge in [-0.05, 0) is 31.0 Å². The summed E-state index contributed by atoms with van der Waals surface area (Å²) in [5.41, 5.74) is 0. The first kappa shape index (κ1) is 14.8. The second-order valence-electron chi connectivity index (χ2n) is 5.53. The lowest BCUT2D eigenvalue weighted by Gasteiger charge is -2.36. The van der Waals surface area contributed by atoms with E-state index in [4.69, 9.17) is 4.43 Å². The molecule has 0 unspecified atom stereocenters. The van der Waals surface area contributed by atoms with Crippen molar-refractivity contribution >= 4 is 8.32 Å². The average Bonchev–Trinajstić information content (AvgIpc) is 2.09. The van der Waals surface area contributed by atoms with Crippen molar-refractivity contribution < 1.29 is 8.82 Å². The van der Waals surface area contributed by atoms with Gasteiger partial charge in [0.1, 0.15) is 6.17 Å². The summed E-state index contributed by atoms with van der Waals surface area (Å²) in [6, 6.07) is 0. The molecule has 0 saturated heterocycles. The van der Waals surface area contributed by atoms with E-state index in [1.165, 1.54) is 0 Å². The molecular formula is C12H25FOSi. The fraction of sp³-hybridized carbons (Fsp3) is 0.833. The first-order valence-electron chi connectivity index (χ1n) is 5.59. The maximum Gasteiger partial charge on any atom is 0.192 e. The third-order valence-electron chi connectivity index (χ3n) is 3.12. The molecular weight excluding hydrogens is 207 g/mol. The maximum atomic E-state index is 13.4. The predicted octanol–water partition coefficient (Wildman–Crippen LogP) is 4.31. The normalized spacial score (nSPS) is 15.1. The summed E-state index contributed by atoms with van der Waals surface area (Å²) in [6.45, 7) is 14.6. The molecule has 0 saturated carbocycles. The Morgan fingerprint density at radius 1 is 1.40 bits per heavy atom. The fourth-order valence-corrected chi connectivity index (χ4v) is 1.93. The molecule has 15 heavy (non-hydrogen) atoms. The molecule has 1 atom stereocenters. The Labute approximate surface area is 94.8 Å². The first-order valence-corrected chi connectivity index (χ1v) is 8.50. The molecule has 0 N–H and O–H groups in total. The molecule has 0 radical (unpaired) electrons. The lowest BCUT2D eigenvalue weighted by molar-refractivity contribution is 0.175. The SMILES string of the molecule is C=CCC[C@H](F)CO[Si](C)(C)C(C)(C)C. The standard InChI is InChI=1S/C12H25FOSi/c1-7-8-9-11(13)10-14-15(5,6)12(2,3)4/h7,11H,1,8-10H2,2-6H3/t11-/m0/s1. The molecule has 0 aromatic rings. The van der Waals surface area contributed by atoms with Crippen molar-refractivity contribution in [3.63, 3.8) is 0 Å². The fourth-order valence-electron chi connectivity index (χ4n) is 0.897. The van der Waals surface area contributed by atoms with Gasteiger partial charge in [-0.3, -0.25) is 0 Å². The van der Waals surface area contributed by atoms with E-state index in [1.807, 2.05) is 0 Å². The Morgan fingerprint density at radius 3 is 2.33 bits per heavy atom. The van der Waals surface area contributed by atoms with Gasteiger partial charge in [0.2, 0.25) is 0 Å². The van der Waals surface area contributed by atoms with Crippen LogP contribution >= 0.6 is 0 Å². The van der Waals surface area contributed by atoms with Crippen LogP contribution in [0.25, 0.3) is 0 Å². The quantitative estimate of drug-likeness (QED) is 0.490. The molecule has 0 aliphatic carbocycles. The van der Waals surface area contributed by atoms with Crippen LogP contribution < -0.4 is 0 Å². The molecule has 0 aliphatic heterocycles. The van der Waals surface area contributed by atoms with Gasteiger partial charge in [-0.25, -0.2) is 4.39 Å². The van der Waals surface area contributed by atoms with Crippen LogP contribution in [0.3, 0.4) is 0 Å². The molecule has 0 aromatic carbocycles. The van der Waals surface area contributed by atoms with Crippen LogP contribution in [-0.2, 0) is 4.43 Å². The zero-order valence-electron chi connectivity index (χ0n) is 10.8.